The summed E-state index contributed by atoms with van der Waals surface area (Å²) < 4.78 is 39.6. The number of carbonyl (C=O) groups is 2. The molecule has 0 radical (unpaired) electrons. The lowest BCUT2D eigenvalue weighted by molar-refractivity contribution is 0.0948. The van der Waals surface area contributed by atoms with Crippen molar-refractivity contribution in [1.29, 1.82) is 0 Å². The van der Waals surface area contributed by atoms with Crippen molar-refractivity contribution in [1.82, 2.24) is 25.1 Å². The molecule has 1 atom stereocenters. The van der Waals surface area contributed by atoms with Gasteiger partial charge in [-0.2, -0.15) is 5.10 Å². The highest BCUT2D eigenvalue weighted by Crippen LogP contribution is 2.24. The van der Waals surface area contributed by atoms with Crippen LogP contribution in [-0.4, -0.2) is 46.2 Å². The number of nitrogens with two attached hydrogens (primary N) is 1. The van der Waals surface area contributed by atoms with Crippen molar-refractivity contribution in [2.45, 2.75) is 5.37 Å². The van der Waals surface area contributed by atoms with Gasteiger partial charge in [-0.25, -0.2) is 17.5 Å². The number of benzene rings is 1. The van der Waals surface area contributed by atoms with E-state index in [1.807, 2.05) is 0 Å². The average Bonchev–Trinajstić information content (AvgIpc) is 3.21. The second kappa shape index (κ2) is 8.39. The number of primary amides is 1. The van der Waals surface area contributed by atoms with Crippen LogP contribution in [0.5, 0.6) is 0 Å². The van der Waals surface area contributed by atoms with E-state index in [0.29, 0.717) is 16.6 Å². The van der Waals surface area contributed by atoms with Crippen molar-refractivity contribution in [3.63, 3.8) is 0 Å². The van der Waals surface area contributed by atoms with Crippen molar-refractivity contribution in [3.05, 3.63) is 83.8 Å². The minimum Gasteiger partial charge on any atom is -0.364 e. The zero-order chi connectivity index (χ0) is 23.8. The Morgan fingerprint density at radius 2 is 1.85 bits per heavy atom. The molecule has 10 nitrogen and oxygen atoms in total. The van der Waals surface area contributed by atoms with Gasteiger partial charge in [-0.15, -0.1) is 0 Å². The third-order valence-electron chi connectivity index (χ3n) is 4.84. The van der Waals surface area contributed by atoms with Crippen molar-refractivity contribution in [2.75, 3.05) is 6.26 Å². The highest BCUT2D eigenvalue weighted by molar-refractivity contribution is 7.90. The van der Waals surface area contributed by atoms with Crippen molar-refractivity contribution in [3.8, 4) is 5.69 Å². The van der Waals surface area contributed by atoms with E-state index in [0.717, 1.165) is 6.26 Å². The Morgan fingerprint density at radius 1 is 1.12 bits per heavy atom. The van der Waals surface area contributed by atoms with Gasteiger partial charge in [-0.3, -0.25) is 19.6 Å². The summed E-state index contributed by atoms with van der Waals surface area (Å²) in [6, 6.07) is 8.17. The molecule has 4 aromatic rings. The first-order valence-corrected chi connectivity index (χ1v) is 11.4. The third-order valence-corrected chi connectivity index (χ3v) is 6.09. The van der Waals surface area contributed by atoms with E-state index in [1.165, 1.54) is 65.9 Å². The third kappa shape index (κ3) is 4.41. The summed E-state index contributed by atoms with van der Waals surface area (Å²) in [6.45, 7) is 0. The van der Waals surface area contributed by atoms with Crippen molar-refractivity contribution in [2.24, 2.45) is 5.73 Å². The van der Waals surface area contributed by atoms with Gasteiger partial charge in [0.05, 0.1) is 29.2 Å². The normalized spacial score (nSPS) is 12.4. The van der Waals surface area contributed by atoms with Gasteiger partial charge in [0.25, 0.3) is 11.8 Å². The molecule has 2 amide bonds. The molecule has 0 aliphatic heterocycles. The van der Waals surface area contributed by atoms with E-state index in [2.05, 4.69) is 20.4 Å². The molecule has 0 spiro atoms. The fourth-order valence-corrected chi connectivity index (χ4v) is 4.25. The van der Waals surface area contributed by atoms with Crippen LogP contribution in [-0.2, 0) is 9.84 Å². The van der Waals surface area contributed by atoms with Crippen molar-refractivity contribution >= 4 is 32.6 Å². The van der Waals surface area contributed by atoms with Gasteiger partial charge in [0.1, 0.15) is 11.5 Å². The minimum absolute atomic E-state index is 0.0821. The number of aromatic nitrogens is 4. The van der Waals surface area contributed by atoms with Crippen LogP contribution < -0.4 is 11.1 Å². The lowest BCUT2D eigenvalue weighted by atomic mass is 10.1. The van der Waals surface area contributed by atoms with Crippen LogP contribution in [0.15, 0.2) is 61.2 Å². The molecule has 3 heterocycles. The maximum Gasteiger partial charge on any atom is 0.267 e. The number of hydrogen-bond acceptors (Lipinski definition) is 7. The van der Waals surface area contributed by atoms with Crippen LogP contribution in [0.4, 0.5) is 4.39 Å². The molecule has 0 fully saturated rings. The van der Waals surface area contributed by atoms with Crippen LogP contribution in [0.25, 0.3) is 16.6 Å². The standard InChI is InChI=1S/C21H17FN6O4S/c1-33(31,32)21(12-6-7-25-17(8-12)19(23)29)27-20(30)16-9-24-11-18-15(16)10-26-28(18)14-4-2-13(22)3-5-14/h2-11,21H,1H3,(H2,23,29)(H,27,30). The number of halogens is 1. The smallest absolute Gasteiger partial charge is 0.267 e. The Labute approximate surface area is 187 Å². The minimum atomic E-state index is -3.85. The van der Waals surface area contributed by atoms with Gasteiger partial charge < -0.3 is 11.1 Å². The number of sulfone groups is 1. The second-order valence-corrected chi connectivity index (χ2v) is 9.30. The highest BCUT2D eigenvalue weighted by atomic mass is 32.2. The van der Waals surface area contributed by atoms with E-state index in [-0.39, 0.29) is 16.8 Å². The first kappa shape index (κ1) is 22.0. The summed E-state index contributed by atoms with van der Waals surface area (Å²) in [5.41, 5.74) is 6.31. The van der Waals surface area contributed by atoms with Crippen LogP contribution in [0, 0.1) is 5.82 Å². The van der Waals surface area contributed by atoms with Crippen LogP contribution >= 0.6 is 0 Å². The second-order valence-electron chi connectivity index (χ2n) is 7.17. The van der Waals surface area contributed by atoms with Gasteiger partial charge in [0.15, 0.2) is 15.2 Å². The Kier molecular flexibility index (Phi) is 5.60. The largest absolute Gasteiger partial charge is 0.364 e. The SMILES string of the molecule is CS(=O)(=O)C(NC(=O)c1cncc2c1cnn2-c1ccc(F)cc1)c1ccnc(C(N)=O)c1. The van der Waals surface area contributed by atoms with Gasteiger partial charge in [-0.05, 0) is 42.0 Å². The molecule has 0 saturated carbocycles. The molecular weight excluding hydrogens is 451 g/mol. The van der Waals surface area contributed by atoms with Crippen molar-refractivity contribution < 1.29 is 22.4 Å². The lowest BCUT2D eigenvalue weighted by Gasteiger charge is -2.18. The summed E-state index contributed by atoms with van der Waals surface area (Å²) in [6.07, 6.45) is 6.39. The van der Waals surface area contributed by atoms with Gasteiger partial charge >= 0.3 is 0 Å². The molecule has 0 aliphatic carbocycles. The Hall–Kier alpha value is -4.19. The summed E-state index contributed by atoms with van der Waals surface area (Å²) in [5, 5.41) is 5.67. The zero-order valence-corrected chi connectivity index (χ0v) is 18.0. The molecule has 33 heavy (non-hydrogen) atoms. The monoisotopic (exact) mass is 468 g/mol. The number of nitrogens with one attached hydrogen (secondary N) is 1. The first-order valence-electron chi connectivity index (χ1n) is 9.48. The number of hydrogen-bond donors (Lipinski definition) is 2. The molecule has 1 aromatic carbocycles. The number of pyridine rings is 2. The van der Waals surface area contributed by atoms with Crippen LogP contribution in [0.1, 0.15) is 31.8 Å². The van der Waals surface area contributed by atoms with E-state index < -0.39 is 32.8 Å². The molecule has 12 heteroatoms. The summed E-state index contributed by atoms with van der Waals surface area (Å²) in [7, 11) is -3.85. The van der Waals surface area contributed by atoms with E-state index in [1.54, 1.807) is 0 Å². The number of fused-ring (bicyclic) bond motifs is 1. The molecule has 168 valence electrons. The Bertz CT molecular complexity index is 1480. The lowest BCUT2D eigenvalue weighted by Crippen LogP contribution is -2.34. The fraction of sp³-hybridized carbons (Fsp3) is 0.0952. The van der Waals surface area contributed by atoms with E-state index >= 15 is 0 Å². The molecule has 0 aliphatic rings. The maximum absolute atomic E-state index is 13.3. The van der Waals surface area contributed by atoms with Crippen LogP contribution in [0.2, 0.25) is 0 Å². The average molecular weight is 468 g/mol. The predicted octanol–water partition coefficient (Wildman–Crippen LogP) is 1.53. The van der Waals surface area contributed by atoms with Crippen LogP contribution in [0.3, 0.4) is 0 Å². The molecule has 3 N–H and O–H groups in total. The van der Waals surface area contributed by atoms with Gasteiger partial charge in [0.2, 0.25) is 0 Å². The molecular formula is C21H17FN6O4S. The number of carbonyl (C=O) groups excluding carboxylic acids is 2. The highest BCUT2D eigenvalue weighted by Gasteiger charge is 2.27. The number of rotatable bonds is 6. The topological polar surface area (TPSA) is 150 Å². The number of nitrogens with zero attached hydrogens (tertiary/aromatic N) is 4. The van der Waals surface area contributed by atoms with Gasteiger partial charge in [0, 0.05) is 24.0 Å². The molecule has 4 rings (SSSR count). The van der Waals surface area contributed by atoms with E-state index in [9.17, 15) is 22.4 Å². The van der Waals surface area contributed by atoms with Gasteiger partial charge in [-0.1, -0.05) is 0 Å². The molecule has 3 aromatic heterocycles. The fourth-order valence-electron chi connectivity index (χ4n) is 3.29. The predicted molar refractivity (Wildman–Crippen MR) is 117 cm³/mol. The Balaban J connectivity index is 1.72. The zero-order valence-electron chi connectivity index (χ0n) is 17.1. The maximum atomic E-state index is 13.3. The number of amides is 2. The molecule has 0 bridgehead atoms. The quantitative estimate of drug-likeness (QED) is 0.436. The van der Waals surface area contributed by atoms with E-state index in [4.69, 9.17) is 5.73 Å². The first-order chi connectivity index (χ1) is 15.6. The Morgan fingerprint density at radius 3 is 2.52 bits per heavy atom. The summed E-state index contributed by atoms with van der Waals surface area (Å²) >= 11 is 0. The molecule has 0 saturated heterocycles. The summed E-state index contributed by atoms with van der Waals surface area (Å²) in [5.74, 6) is -1.96. The summed E-state index contributed by atoms with van der Waals surface area (Å²) in [4.78, 5) is 32.4. The molecule has 1 unspecified atom stereocenters.